The standard InChI is InChI=1S/C9H18N2O2/c1-7(10)9(13)11-4-2-3-8(5-11)6-12/h7-8,12H,2-6,10H2,1H3/t7-,8?/m1/s1. The molecule has 0 radical (unpaired) electrons. The molecule has 1 amide bonds. The van der Waals surface area contributed by atoms with Gasteiger partial charge in [-0.05, 0) is 25.7 Å². The van der Waals surface area contributed by atoms with E-state index in [1.54, 1.807) is 11.8 Å². The average Bonchev–Trinajstić information content (AvgIpc) is 2.16. The Labute approximate surface area is 78.7 Å². The van der Waals surface area contributed by atoms with E-state index in [1.165, 1.54) is 0 Å². The molecule has 0 spiro atoms. The molecule has 0 aromatic rings. The number of aliphatic hydroxyl groups excluding tert-OH is 1. The Morgan fingerprint density at radius 1 is 1.77 bits per heavy atom. The van der Waals surface area contributed by atoms with E-state index in [-0.39, 0.29) is 18.4 Å². The van der Waals surface area contributed by atoms with Crippen molar-refractivity contribution in [3.05, 3.63) is 0 Å². The van der Waals surface area contributed by atoms with Gasteiger partial charge in [0, 0.05) is 19.7 Å². The Bertz CT molecular complexity index is 182. The van der Waals surface area contributed by atoms with Crippen LogP contribution in [0, 0.1) is 5.92 Å². The van der Waals surface area contributed by atoms with Crippen LogP contribution in [0.25, 0.3) is 0 Å². The molecule has 4 nitrogen and oxygen atoms in total. The van der Waals surface area contributed by atoms with Crippen molar-refractivity contribution in [1.82, 2.24) is 4.90 Å². The van der Waals surface area contributed by atoms with Gasteiger partial charge < -0.3 is 15.7 Å². The van der Waals surface area contributed by atoms with Crippen LogP contribution in [0.5, 0.6) is 0 Å². The summed E-state index contributed by atoms with van der Waals surface area (Å²) in [5.41, 5.74) is 5.50. The molecular formula is C9H18N2O2. The molecule has 0 saturated carbocycles. The lowest BCUT2D eigenvalue weighted by Gasteiger charge is -2.32. The molecule has 2 atom stereocenters. The van der Waals surface area contributed by atoms with E-state index in [1.807, 2.05) is 0 Å². The maximum absolute atomic E-state index is 11.5. The van der Waals surface area contributed by atoms with Crippen LogP contribution in [-0.4, -0.2) is 41.7 Å². The Balaban J connectivity index is 2.46. The van der Waals surface area contributed by atoms with E-state index < -0.39 is 6.04 Å². The number of piperidine rings is 1. The summed E-state index contributed by atoms with van der Waals surface area (Å²) in [6.45, 7) is 3.32. The Kier molecular flexibility index (Phi) is 3.69. The third-order valence-corrected chi connectivity index (χ3v) is 2.48. The zero-order chi connectivity index (χ0) is 9.84. The molecule has 1 aliphatic heterocycles. The highest BCUT2D eigenvalue weighted by Gasteiger charge is 2.24. The van der Waals surface area contributed by atoms with Gasteiger partial charge in [0.15, 0.2) is 0 Å². The van der Waals surface area contributed by atoms with Gasteiger partial charge in [0.1, 0.15) is 0 Å². The fourth-order valence-electron chi connectivity index (χ4n) is 1.70. The quantitative estimate of drug-likeness (QED) is 0.614. The number of nitrogens with two attached hydrogens (primary N) is 1. The molecule has 0 aliphatic carbocycles. The molecule has 0 aromatic carbocycles. The van der Waals surface area contributed by atoms with Crippen molar-refractivity contribution in [3.8, 4) is 0 Å². The Hall–Kier alpha value is -0.610. The van der Waals surface area contributed by atoms with Gasteiger partial charge in [-0.2, -0.15) is 0 Å². The van der Waals surface area contributed by atoms with Crippen LogP contribution < -0.4 is 5.73 Å². The topological polar surface area (TPSA) is 66.6 Å². The zero-order valence-electron chi connectivity index (χ0n) is 8.07. The number of likely N-dealkylation sites (tertiary alicyclic amines) is 1. The zero-order valence-corrected chi connectivity index (χ0v) is 8.07. The van der Waals surface area contributed by atoms with Gasteiger partial charge >= 0.3 is 0 Å². The van der Waals surface area contributed by atoms with E-state index in [9.17, 15) is 4.79 Å². The van der Waals surface area contributed by atoms with Crippen molar-refractivity contribution in [2.75, 3.05) is 19.7 Å². The van der Waals surface area contributed by atoms with Crippen molar-refractivity contribution in [2.45, 2.75) is 25.8 Å². The average molecular weight is 186 g/mol. The number of nitrogens with zero attached hydrogens (tertiary/aromatic N) is 1. The minimum atomic E-state index is -0.419. The first kappa shape index (κ1) is 10.5. The van der Waals surface area contributed by atoms with Crippen molar-refractivity contribution in [1.29, 1.82) is 0 Å². The summed E-state index contributed by atoms with van der Waals surface area (Å²) < 4.78 is 0. The van der Waals surface area contributed by atoms with Gasteiger partial charge in [-0.15, -0.1) is 0 Å². The maximum atomic E-state index is 11.5. The van der Waals surface area contributed by atoms with E-state index in [4.69, 9.17) is 10.8 Å². The molecule has 1 saturated heterocycles. The molecule has 1 fully saturated rings. The summed E-state index contributed by atoms with van der Waals surface area (Å²) in [6, 6.07) is -0.419. The first-order valence-electron chi connectivity index (χ1n) is 4.80. The predicted octanol–water partition coefficient (Wildman–Crippen LogP) is -0.435. The Morgan fingerprint density at radius 3 is 3.00 bits per heavy atom. The van der Waals surface area contributed by atoms with Crippen LogP contribution in [0.2, 0.25) is 0 Å². The number of carbonyl (C=O) groups excluding carboxylic acids is 1. The first-order valence-corrected chi connectivity index (χ1v) is 4.80. The molecule has 13 heavy (non-hydrogen) atoms. The molecule has 3 N–H and O–H groups in total. The second-order valence-electron chi connectivity index (χ2n) is 3.76. The molecule has 4 heteroatoms. The van der Waals surface area contributed by atoms with Gasteiger partial charge in [0.2, 0.25) is 5.91 Å². The molecule has 0 bridgehead atoms. The number of amides is 1. The van der Waals surface area contributed by atoms with Crippen molar-refractivity contribution < 1.29 is 9.90 Å². The van der Waals surface area contributed by atoms with Crippen molar-refractivity contribution in [2.24, 2.45) is 11.7 Å². The summed E-state index contributed by atoms with van der Waals surface area (Å²) in [4.78, 5) is 13.2. The molecule has 1 unspecified atom stereocenters. The number of rotatable bonds is 2. The lowest BCUT2D eigenvalue weighted by atomic mass is 9.98. The van der Waals surface area contributed by atoms with Crippen LogP contribution in [0.4, 0.5) is 0 Å². The van der Waals surface area contributed by atoms with E-state index in [0.717, 1.165) is 19.4 Å². The van der Waals surface area contributed by atoms with Gasteiger partial charge in [-0.1, -0.05) is 0 Å². The summed E-state index contributed by atoms with van der Waals surface area (Å²) in [6.07, 6.45) is 1.99. The molecule has 76 valence electrons. The number of hydrogen-bond donors (Lipinski definition) is 2. The van der Waals surface area contributed by atoms with Crippen LogP contribution in [0.15, 0.2) is 0 Å². The highest BCUT2D eigenvalue weighted by molar-refractivity contribution is 5.81. The second-order valence-corrected chi connectivity index (χ2v) is 3.76. The second kappa shape index (κ2) is 4.58. The van der Waals surface area contributed by atoms with Crippen LogP contribution in [0.3, 0.4) is 0 Å². The van der Waals surface area contributed by atoms with Gasteiger partial charge in [-0.25, -0.2) is 0 Å². The molecular weight excluding hydrogens is 168 g/mol. The lowest BCUT2D eigenvalue weighted by Crippen LogP contribution is -2.47. The van der Waals surface area contributed by atoms with E-state index in [2.05, 4.69) is 0 Å². The smallest absolute Gasteiger partial charge is 0.239 e. The third kappa shape index (κ3) is 2.67. The fraction of sp³-hybridized carbons (Fsp3) is 0.889. The van der Waals surface area contributed by atoms with Crippen LogP contribution in [-0.2, 0) is 4.79 Å². The molecule has 1 aliphatic rings. The number of carbonyl (C=O) groups is 1. The van der Waals surface area contributed by atoms with Crippen LogP contribution in [0.1, 0.15) is 19.8 Å². The van der Waals surface area contributed by atoms with E-state index in [0.29, 0.717) is 6.54 Å². The number of aliphatic hydroxyl groups is 1. The molecule has 0 aromatic heterocycles. The molecule has 1 heterocycles. The fourth-order valence-corrected chi connectivity index (χ4v) is 1.70. The van der Waals surface area contributed by atoms with Gasteiger partial charge in [-0.3, -0.25) is 4.79 Å². The van der Waals surface area contributed by atoms with Gasteiger partial charge in [0.25, 0.3) is 0 Å². The first-order chi connectivity index (χ1) is 6.15. The highest BCUT2D eigenvalue weighted by atomic mass is 16.3. The van der Waals surface area contributed by atoms with E-state index >= 15 is 0 Å². The SMILES string of the molecule is C[C@@H](N)C(=O)N1CCCC(CO)C1. The van der Waals surface area contributed by atoms with Gasteiger partial charge in [0.05, 0.1) is 6.04 Å². The third-order valence-electron chi connectivity index (χ3n) is 2.48. The summed E-state index contributed by atoms with van der Waals surface area (Å²) in [5.74, 6) is 0.245. The Morgan fingerprint density at radius 2 is 2.46 bits per heavy atom. The number of hydrogen-bond acceptors (Lipinski definition) is 3. The summed E-state index contributed by atoms with van der Waals surface area (Å²) in [7, 11) is 0. The lowest BCUT2D eigenvalue weighted by molar-refractivity contribution is -0.134. The predicted molar refractivity (Wildman–Crippen MR) is 50.0 cm³/mol. The summed E-state index contributed by atoms with van der Waals surface area (Å²) in [5, 5.41) is 8.96. The minimum absolute atomic E-state index is 0.00171. The minimum Gasteiger partial charge on any atom is -0.396 e. The molecule has 1 rings (SSSR count). The summed E-state index contributed by atoms with van der Waals surface area (Å²) >= 11 is 0. The van der Waals surface area contributed by atoms with Crippen LogP contribution >= 0.6 is 0 Å². The van der Waals surface area contributed by atoms with Crippen molar-refractivity contribution in [3.63, 3.8) is 0 Å². The largest absolute Gasteiger partial charge is 0.396 e. The highest BCUT2D eigenvalue weighted by Crippen LogP contribution is 2.15. The van der Waals surface area contributed by atoms with Crippen molar-refractivity contribution >= 4 is 5.91 Å². The monoisotopic (exact) mass is 186 g/mol. The normalized spacial score (nSPS) is 25.8. The maximum Gasteiger partial charge on any atom is 0.239 e.